The van der Waals surface area contributed by atoms with E-state index in [9.17, 15) is 0 Å². The summed E-state index contributed by atoms with van der Waals surface area (Å²) in [6, 6.07) is 8.51. The third kappa shape index (κ3) is 2.70. The Kier molecular flexibility index (Phi) is 3.59. The topological polar surface area (TPSA) is 21.7 Å². The molecule has 0 aromatic heterocycles. The van der Waals surface area contributed by atoms with Crippen molar-refractivity contribution in [2.45, 2.75) is 6.61 Å². The van der Waals surface area contributed by atoms with E-state index in [4.69, 9.17) is 9.47 Å². The van der Waals surface area contributed by atoms with Crippen molar-refractivity contribution in [1.82, 2.24) is 0 Å². The van der Waals surface area contributed by atoms with E-state index in [1.807, 2.05) is 0 Å². The van der Waals surface area contributed by atoms with Crippen molar-refractivity contribution in [2.24, 2.45) is 0 Å². The summed E-state index contributed by atoms with van der Waals surface area (Å²) in [4.78, 5) is 2.35. The zero-order valence-corrected chi connectivity index (χ0v) is 9.11. The van der Waals surface area contributed by atoms with Gasteiger partial charge in [0.25, 0.3) is 0 Å². The van der Waals surface area contributed by atoms with Crippen LogP contribution < -0.4 is 4.90 Å². The number of benzene rings is 1. The minimum absolute atomic E-state index is 0.679. The molecule has 1 saturated heterocycles. The number of hydrogen-bond donors (Lipinski definition) is 0. The summed E-state index contributed by atoms with van der Waals surface area (Å²) in [7, 11) is 1.72. The molecule has 0 N–H and O–H groups in total. The lowest BCUT2D eigenvalue weighted by Crippen LogP contribution is -2.36. The molecular formula is C12H17NO2. The second-order valence-corrected chi connectivity index (χ2v) is 3.70. The fourth-order valence-electron chi connectivity index (χ4n) is 1.83. The molecule has 3 nitrogen and oxygen atoms in total. The number of rotatable bonds is 3. The average molecular weight is 207 g/mol. The summed E-state index contributed by atoms with van der Waals surface area (Å²) in [5.41, 5.74) is 2.49. The van der Waals surface area contributed by atoms with Gasteiger partial charge in [-0.1, -0.05) is 12.1 Å². The smallest absolute Gasteiger partial charge is 0.0713 e. The summed E-state index contributed by atoms with van der Waals surface area (Å²) in [6.45, 7) is 4.30. The second-order valence-electron chi connectivity index (χ2n) is 3.70. The van der Waals surface area contributed by atoms with Crippen LogP contribution in [0.25, 0.3) is 0 Å². The van der Waals surface area contributed by atoms with Gasteiger partial charge in [0, 0.05) is 25.9 Å². The molecule has 15 heavy (non-hydrogen) atoms. The number of anilines is 1. The SMILES string of the molecule is COCc1cccc(N2CCOCC2)c1. The van der Waals surface area contributed by atoms with E-state index >= 15 is 0 Å². The van der Waals surface area contributed by atoms with Crippen LogP contribution in [-0.4, -0.2) is 33.4 Å². The first kappa shape index (κ1) is 10.5. The van der Waals surface area contributed by atoms with Crippen molar-refractivity contribution in [3.63, 3.8) is 0 Å². The molecule has 0 aliphatic carbocycles. The van der Waals surface area contributed by atoms with Crippen LogP contribution in [0.15, 0.2) is 24.3 Å². The molecule has 0 bridgehead atoms. The van der Waals surface area contributed by atoms with E-state index in [0.29, 0.717) is 6.61 Å². The minimum Gasteiger partial charge on any atom is -0.380 e. The van der Waals surface area contributed by atoms with Crippen molar-refractivity contribution >= 4 is 5.69 Å². The zero-order valence-electron chi connectivity index (χ0n) is 9.11. The van der Waals surface area contributed by atoms with Crippen LogP contribution in [0, 0.1) is 0 Å². The van der Waals surface area contributed by atoms with Crippen molar-refractivity contribution < 1.29 is 9.47 Å². The van der Waals surface area contributed by atoms with Crippen molar-refractivity contribution in [3.05, 3.63) is 29.8 Å². The first-order chi connectivity index (χ1) is 7.40. The zero-order chi connectivity index (χ0) is 10.5. The highest BCUT2D eigenvalue weighted by Crippen LogP contribution is 2.17. The molecule has 1 fully saturated rings. The molecule has 1 aromatic carbocycles. The predicted octanol–water partition coefficient (Wildman–Crippen LogP) is 1.67. The molecular weight excluding hydrogens is 190 g/mol. The van der Waals surface area contributed by atoms with Gasteiger partial charge in [-0.15, -0.1) is 0 Å². The van der Waals surface area contributed by atoms with Crippen LogP contribution >= 0.6 is 0 Å². The number of ether oxygens (including phenoxy) is 2. The Morgan fingerprint density at radius 3 is 2.87 bits per heavy atom. The van der Waals surface area contributed by atoms with Gasteiger partial charge in [-0.3, -0.25) is 0 Å². The highest BCUT2D eigenvalue weighted by atomic mass is 16.5. The second kappa shape index (κ2) is 5.14. The molecule has 0 unspecified atom stereocenters. The summed E-state index contributed by atoms with van der Waals surface area (Å²) in [5.74, 6) is 0. The van der Waals surface area contributed by atoms with Gasteiger partial charge in [-0.2, -0.15) is 0 Å². The lowest BCUT2D eigenvalue weighted by Gasteiger charge is -2.29. The van der Waals surface area contributed by atoms with Crippen LogP contribution in [0.2, 0.25) is 0 Å². The molecule has 0 radical (unpaired) electrons. The highest BCUT2D eigenvalue weighted by molar-refractivity contribution is 5.48. The molecule has 82 valence electrons. The molecule has 2 rings (SSSR count). The standard InChI is InChI=1S/C12H17NO2/c1-14-10-11-3-2-4-12(9-11)13-5-7-15-8-6-13/h2-4,9H,5-8,10H2,1H3. The molecule has 0 atom stereocenters. The fraction of sp³-hybridized carbons (Fsp3) is 0.500. The Morgan fingerprint density at radius 1 is 1.33 bits per heavy atom. The average Bonchev–Trinajstić information content (AvgIpc) is 2.31. The van der Waals surface area contributed by atoms with Crippen LogP contribution in [0.1, 0.15) is 5.56 Å². The summed E-state index contributed by atoms with van der Waals surface area (Å²) >= 11 is 0. The van der Waals surface area contributed by atoms with E-state index in [1.165, 1.54) is 11.3 Å². The maximum absolute atomic E-state index is 5.33. The number of nitrogens with zero attached hydrogens (tertiary/aromatic N) is 1. The highest BCUT2D eigenvalue weighted by Gasteiger charge is 2.10. The Hall–Kier alpha value is -1.06. The molecule has 3 heteroatoms. The minimum atomic E-state index is 0.679. The lowest BCUT2D eigenvalue weighted by atomic mass is 10.2. The summed E-state index contributed by atoms with van der Waals surface area (Å²) < 4.78 is 10.5. The van der Waals surface area contributed by atoms with Gasteiger partial charge in [-0.05, 0) is 17.7 Å². The molecule has 1 aromatic rings. The largest absolute Gasteiger partial charge is 0.380 e. The molecule has 0 spiro atoms. The normalized spacial score (nSPS) is 16.7. The number of methoxy groups -OCH3 is 1. The van der Waals surface area contributed by atoms with Gasteiger partial charge >= 0.3 is 0 Å². The van der Waals surface area contributed by atoms with Crippen molar-refractivity contribution in [3.8, 4) is 0 Å². The van der Waals surface area contributed by atoms with Crippen LogP contribution in [0.4, 0.5) is 5.69 Å². The van der Waals surface area contributed by atoms with E-state index < -0.39 is 0 Å². The van der Waals surface area contributed by atoms with E-state index in [1.54, 1.807) is 7.11 Å². The van der Waals surface area contributed by atoms with Gasteiger partial charge < -0.3 is 14.4 Å². The first-order valence-electron chi connectivity index (χ1n) is 5.31. The lowest BCUT2D eigenvalue weighted by molar-refractivity contribution is 0.122. The number of hydrogen-bond acceptors (Lipinski definition) is 3. The Morgan fingerprint density at radius 2 is 2.13 bits per heavy atom. The Bertz CT molecular complexity index is 308. The van der Waals surface area contributed by atoms with Crippen LogP contribution in [-0.2, 0) is 16.1 Å². The maximum Gasteiger partial charge on any atom is 0.0713 e. The van der Waals surface area contributed by atoms with Gasteiger partial charge in [0.2, 0.25) is 0 Å². The van der Waals surface area contributed by atoms with E-state index in [-0.39, 0.29) is 0 Å². The molecule has 1 aliphatic rings. The quantitative estimate of drug-likeness (QED) is 0.752. The molecule has 1 aliphatic heterocycles. The van der Waals surface area contributed by atoms with Crippen molar-refractivity contribution in [2.75, 3.05) is 38.3 Å². The van der Waals surface area contributed by atoms with Crippen LogP contribution in [0.5, 0.6) is 0 Å². The predicted molar refractivity (Wildman–Crippen MR) is 60.2 cm³/mol. The molecule has 0 saturated carbocycles. The Labute approximate surface area is 90.6 Å². The summed E-state index contributed by atoms with van der Waals surface area (Å²) in [6.07, 6.45) is 0. The van der Waals surface area contributed by atoms with E-state index in [2.05, 4.69) is 29.2 Å². The monoisotopic (exact) mass is 207 g/mol. The maximum atomic E-state index is 5.33. The third-order valence-corrected chi connectivity index (χ3v) is 2.60. The summed E-state index contributed by atoms with van der Waals surface area (Å²) in [5, 5.41) is 0. The number of morpholine rings is 1. The van der Waals surface area contributed by atoms with Gasteiger partial charge in [0.15, 0.2) is 0 Å². The molecule has 1 heterocycles. The fourth-order valence-corrected chi connectivity index (χ4v) is 1.83. The van der Waals surface area contributed by atoms with Gasteiger partial charge in [-0.25, -0.2) is 0 Å². The Balaban J connectivity index is 2.09. The van der Waals surface area contributed by atoms with Gasteiger partial charge in [0.05, 0.1) is 19.8 Å². The van der Waals surface area contributed by atoms with E-state index in [0.717, 1.165) is 26.3 Å². The van der Waals surface area contributed by atoms with Gasteiger partial charge in [0.1, 0.15) is 0 Å². The first-order valence-corrected chi connectivity index (χ1v) is 5.31. The third-order valence-electron chi connectivity index (χ3n) is 2.60. The molecule has 0 amide bonds. The van der Waals surface area contributed by atoms with Crippen molar-refractivity contribution in [1.29, 1.82) is 0 Å². The van der Waals surface area contributed by atoms with Crippen LogP contribution in [0.3, 0.4) is 0 Å².